The number of piperidine rings is 1. The molecule has 2 N–H and O–H groups in total. The molecular formula is C24H25N3O2S. The molecule has 5 rings (SSSR count). The van der Waals surface area contributed by atoms with Crippen LogP contribution in [-0.4, -0.2) is 29.2 Å². The molecule has 30 heavy (non-hydrogen) atoms. The van der Waals surface area contributed by atoms with Crippen molar-refractivity contribution in [2.45, 2.75) is 43.2 Å². The smallest absolute Gasteiger partial charge is 0.234 e. The summed E-state index contributed by atoms with van der Waals surface area (Å²) in [5.41, 5.74) is 6.36. The van der Waals surface area contributed by atoms with Gasteiger partial charge in [-0.25, -0.2) is 4.31 Å². The molecule has 1 saturated heterocycles. The number of amides is 2. The first kappa shape index (κ1) is 19.5. The molecule has 2 amide bonds. The van der Waals surface area contributed by atoms with Crippen molar-refractivity contribution in [3.05, 3.63) is 70.8 Å². The van der Waals surface area contributed by atoms with Gasteiger partial charge in [0.25, 0.3) is 0 Å². The van der Waals surface area contributed by atoms with Crippen LogP contribution in [0.2, 0.25) is 0 Å². The van der Waals surface area contributed by atoms with E-state index in [1.165, 1.54) is 27.2 Å². The molecule has 2 aromatic carbocycles. The third-order valence-electron chi connectivity index (χ3n) is 6.09. The molecule has 0 saturated carbocycles. The molecule has 2 aromatic rings. The maximum Gasteiger partial charge on any atom is 0.234 e. The van der Waals surface area contributed by atoms with Gasteiger partial charge in [0.15, 0.2) is 0 Å². The van der Waals surface area contributed by atoms with E-state index in [-0.39, 0.29) is 17.7 Å². The van der Waals surface area contributed by atoms with Crippen molar-refractivity contribution in [3.63, 3.8) is 0 Å². The minimum absolute atomic E-state index is 0.164. The summed E-state index contributed by atoms with van der Waals surface area (Å²) in [6, 6.07) is 15.2. The van der Waals surface area contributed by atoms with E-state index in [0.717, 1.165) is 38.2 Å². The van der Waals surface area contributed by atoms with Gasteiger partial charge in [-0.3, -0.25) is 14.9 Å². The Morgan fingerprint density at radius 1 is 0.967 bits per heavy atom. The van der Waals surface area contributed by atoms with Crippen molar-refractivity contribution in [2.24, 2.45) is 0 Å². The number of hydrogen-bond acceptors (Lipinski definition) is 5. The predicted molar refractivity (Wildman–Crippen MR) is 119 cm³/mol. The van der Waals surface area contributed by atoms with E-state index in [1.807, 2.05) is 0 Å². The van der Waals surface area contributed by atoms with Crippen molar-refractivity contribution in [1.82, 2.24) is 14.9 Å². The Hall–Kier alpha value is -2.41. The summed E-state index contributed by atoms with van der Waals surface area (Å²) in [4.78, 5) is 24.9. The van der Waals surface area contributed by atoms with Gasteiger partial charge in [0.05, 0.1) is 5.92 Å². The standard InChI is InChI=1S/C24H25N3O2S/c28-23-8-7-22(24(29)26-23)18-1-2-19-14-27(15-20(19)13-18)30-21-5-3-16(4-6-21)17-9-11-25-12-10-17/h1-6,9,13,22,25H,7-8,10-12,14-15H2,(H,26,28,29). The van der Waals surface area contributed by atoms with Crippen molar-refractivity contribution < 1.29 is 9.59 Å². The monoisotopic (exact) mass is 419 g/mol. The highest BCUT2D eigenvalue weighted by molar-refractivity contribution is 7.97. The molecule has 0 radical (unpaired) electrons. The van der Waals surface area contributed by atoms with Crippen LogP contribution in [-0.2, 0) is 22.7 Å². The quantitative estimate of drug-likeness (QED) is 0.586. The van der Waals surface area contributed by atoms with Crippen LogP contribution in [0.15, 0.2) is 53.4 Å². The zero-order chi connectivity index (χ0) is 20.5. The van der Waals surface area contributed by atoms with Gasteiger partial charge in [0.1, 0.15) is 0 Å². The van der Waals surface area contributed by atoms with Crippen LogP contribution in [0.25, 0.3) is 5.57 Å². The first-order valence-electron chi connectivity index (χ1n) is 10.5. The van der Waals surface area contributed by atoms with E-state index in [1.54, 1.807) is 11.9 Å². The third kappa shape index (κ3) is 4.08. The Labute approximate surface area is 181 Å². The highest BCUT2D eigenvalue weighted by Gasteiger charge is 2.29. The fourth-order valence-electron chi connectivity index (χ4n) is 4.44. The van der Waals surface area contributed by atoms with Crippen molar-refractivity contribution in [3.8, 4) is 0 Å². The minimum atomic E-state index is -0.216. The predicted octanol–water partition coefficient (Wildman–Crippen LogP) is 3.61. The van der Waals surface area contributed by atoms with Gasteiger partial charge in [-0.2, -0.15) is 0 Å². The number of imide groups is 1. The molecule has 154 valence electrons. The van der Waals surface area contributed by atoms with Crippen LogP contribution in [0, 0.1) is 0 Å². The zero-order valence-electron chi connectivity index (χ0n) is 16.8. The van der Waals surface area contributed by atoms with Crippen LogP contribution in [0.1, 0.15) is 47.4 Å². The normalized spacial score (nSPS) is 21.9. The van der Waals surface area contributed by atoms with Crippen LogP contribution in [0.4, 0.5) is 0 Å². The van der Waals surface area contributed by atoms with Gasteiger partial charge in [-0.05, 0) is 71.3 Å². The lowest BCUT2D eigenvalue weighted by Crippen LogP contribution is -2.39. The van der Waals surface area contributed by atoms with Crippen molar-refractivity contribution in [1.29, 1.82) is 0 Å². The van der Waals surface area contributed by atoms with E-state index in [2.05, 4.69) is 63.5 Å². The van der Waals surface area contributed by atoms with Crippen LogP contribution in [0.5, 0.6) is 0 Å². The van der Waals surface area contributed by atoms with Crippen molar-refractivity contribution >= 4 is 29.3 Å². The summed E-state index contributed by atoms with van der Waals surface area (Å²) >= 11 is 1.78. The Bertz CT molecular complexity index is 1020. The van der Waals surface area contributed by atoms with Crippen LogP contribution >= 0.6 is 11.9 Å². The molecule has 1 unspecified atom stereocenters. The maximum atomic E-state index is 12.2. The van der Waals surface area contributed by atoms with Crippen LogP contribution in [0.3, 0.4) is 0 Å². The number of nitrogens with zero attached hydrogens (tertiary/aromatic N) is 1. The number of carbonyl (C=O) groups excluding carboxylic acids is 2. The van der Waals surface area contributed by atoms with E-state index in [4.69, 9.17) is 0 Å². The molecule has 5 nitrogen and oxygen atoms in total. The van der Waals surface area contributed by atoms with Gasteiger partial charge < -0.3 is 5.32 Å². The van der Waals surface area contributed by atoms with E-state index in [0.29, 0.717) is 12.8 Å². The van der Waals surface area contributed by atoms with Gasteiger partial charge in [-0.1, -0.05) is 36.4 Å². The SMILES string of the molecule is O=C1CCC(c2ccc3c(c2)CN(Sc2ccc(C4=CCNCC4)cc2)C3)C(=O)N1. The third-order valence-corrected chi connectivity index (χ3v) is 7.09. The summed E-state index contributed by atoms with van der Waals surface area (Å²) in [6.45, 7) is 3.77. The number of hydrogen-bond donors (Lipinski definition) is 2. The number of fused-ring (bicyclic) bond motifs is 1. The second-order valence-electron chi connectivity index (χ2n) is 8.13. The summed E-state index contributed by atoms with van der Waals surface area (Å²) in [5, 5.41) is 5.82. The number of benzene rings is 2. The average Bonchev–Trinajstić information content (AvgIpc) is 3.16. The Kier molecular flexibility index (Phi) is 5.46. The minimum Gasteiger partial charge on any atom is -0.313 e. The molecular weight excluding hydrogens is 394 g/mol. The highest BCUT2D eigenvalue weighted by Crippen LogP contribution is 2.35. The zero-order valence-corrected chi connectivity index (χ0v) is 17.6. The summed E-state index contributed by atoms with van der Waals surface area (Å²) in [5.74, 6) is -0.548. The number of carbonyl (C=O) groups is 2. The fraction of sp³-hybridized carbons (Fsp3) is 0.333. The first-order valence-corrected chi connectivity index (χ1v) is 11.3. The number of nitrogens with one attached hydrogen (secondary N) is 2. The molecule has 1 fully saturated rings. The lowest BCUT2D eigenvalue weighted by atomic mass is 9.89. The second-order valence-corrected chi connectivity index (χ2v) is 9.30. The summed E-state index contributed by atoms with van der Waals surface area (Å²) in [7, 11) is 0. The molecule has 0 aliphatic carbocycles. The fourth-order valence-corrected chi connectivity index (χ4v) is 5.40. The Morgan fingerprint density at radius 2 is 1.80 bits per heavy atom. The molecule has 6 heteroatoms. The topological polar surface area (TPSA) is 61.4 Å². The molecule has 3 aliphatic heterocycles. The van der Waals surface area contributed by atoms with Gasteiger partial charge in [-0.15, -0.1) is 0 Å². The number of rotatable bonds is 4. The molecule has 3 aliphatic rings. The first-order chi connectivity index (χ1) is 14.7. The Balaban J connectivity index is 1.24. The summed E-state index contributed by atoms with van der Waals surface area (Å²) < 4.78 is 2.36. The maximum absolute atomic E-state index is 12.2. The largest absolute Gasteiger partial charge is 0.313 e. The molecule has 0 spiro atoms. The second kappa shape index (κ2) is 8.38. The summed E-state index contributed by atoms with van der Waals surface area (Å²) in [6.07, 6.45) is 4.38. The Morgan fingerprint density at radius 3 is 2.57 bits per heavy atom. The van der Waals surface area contributed by atoms with Gasteiger partial charge >= 0.3 is 0 Å². The van der Waals surface area contributed by atoms with E-state index in [9.17, 15) is 9.59 Å². The van der Waals surface area contributed by atoms with Crippen LogP contribution < -0.4 is 10.6 Å². The molecule has 3 heterocycles. The molecule has 1 atom stereocenters. The average molecular weight is 420 g/mol. The van der Waals surface area contributed by atoms with Gasteiger partial charge in [0.2, 0.25) is 11.8 Å². The molecule has 0 bridgehead atoms. The lowest BCUT2D eigenvalue weighted by Gasteiger charge is -2.21. The lowest BCUT2D eigenvalue weighted by molar-refractivity contribution is -0.134. The van der Waals surface area contributed by atoms with Gasteiger partial charge in [0, 0.05) is 31.0 Å². The van der Waals surface area contributed by atoms with E-state index >= 15 is 0 Å². The molecule has 0 aromatic heterocycles. The van der Waals surface area contributed by atoms with E-state index < -0.39 is 0 Å². The van der Waals surface area contributed by atoms with Crippen molar-refractivity contribution in [2.75, 3.05) is 13.1 Å². The highest BCUT2D eigenvalue weighted by atomic mass is 32.2.